The Hall–Kier alpha value is -1.35. The Balaban J connectivity index is 1.97. The van der Waals surface area contributed by atoms with Crippen LogP contribution in [-0.2, 0) is 4.79 Å². The van der Waals surface area contributed by atoms with Gasteiger partial charge in [0.1, 0.15) is 0 Å². The fourth-order valence-electron chi connectivity index (χ4n) is 2.28. The Bertz CT molecular complexity index is 623. The van der Waals surface area contributed by atoms with Crippen LogP contribution in [0.5, 0.6) is 0 Å². The van der Waals surface area contributed by atoms with E-state index in [1.54, 1.807) is 0 Å². The largest absolute Gasteiger partial charge is 0.325 e. The van der Waals surface area contributed by atoms with E-state index in [9.17, 15) is 4.79 Å². The summed E-state index contributed by atoms with van der Waals surface area (Å²) in [5.41, 5.74) is 0.901. The first kappa shape index (κ1) is 11.7. The van der Waals surface area contributed by atoms with Gasteiger partial charge in [-0.15, -0.1) is 0 Å². The molecule has 0 bridgehead atoms. The Morgan fingerprint density at radius 2 is 1.89 bits per heavy atom. The summed E-state index contributed by atoms with van der Waals surface area (Å²) in [6, 6.07) is 12.0. The van der Waals surface area contributed by atoms with E-state index < -0.39 is 0 Å². The molecular formula is C15H14BrNO. The van der Waals surface area contributed by atoms with E-state index in [4.69, 9.17) is 0 Å². The number of nitrogens with one attached hydrogen (secondary N) is 1. The lowest BCUT2D eigenvalue weighted by atomic mass is 10.1. The van der Waals surface area contributed by atoms with Gasteiger partial charge in [-0.2, -0.15) is 0 Å². The molecule has 3 heteroatoms. The van der Waals surface area contributed by atoms with Crippen LogP contribution >= 0.6 is 15.9 Å². The first-order chi connectivity index (χ1) is 8.66. The summed E-state index contributed by atoms with van der Waals surface area (Å²) in [6.07, 6.45) is 1.01. The molecular weight excluding hydrogens is 290 g/mol. The molecule has 18 heavy (non-hydrogen) atoms. The van der Waals surface area contributed by atoms with Crippen LogP contribution in [0.3, 0.4) is 0 Å². The molecule has 0 aliphatic heterocycles. The molecule has 0 radical (unpaired) electrons. The highest BCUT2D eigenvalue weighted by atomic mass is 79.9. The maximum absolute atomic E-state index is 12.0. The van der Waals surface area contributed by atoms with Crippen LogP contribution in [-0.4, -0.2) is 5.91 Å². The third kappa shape index (κ3) is 2.03. The van der Waals surface area contributed by atoms with Crippen molar-refractivity contribution >= 4 is 38.3 Å². The van der Waals surface area contributed by atoms with Crippen molar-refractivity contribution in [3.63, 3.8) is 0 Å². The Kier molecular flexibility index (Phi) is 2.86. The van der Waals surface area contributed by atoms with Gasteiger partial charge < -0.3 is 5.32 Å². The molecule has 2 aromatic rings. The highest BCUT2D eigenvalue weighted by Crippen LogP contribution is 2.39. The summed E-state index contributed by atoms with van der Waals surface area (Å²) in [5, 5.41) is 5.25. The van der Waals surface area contributed by atoms with E-state index >= 15 is 0 Å². The van der Waals surface area contributed by atoms with Crippen LogP contribution < -0.4 is 5.32 Å². The van der Waals surface area contributed by atoms with Gasteiger partial charge in [-0.1, -0.05) is 47.1 Å². The average Bonchev–Trinajstić information content (AvgIpc) is 3.10. The zero-order chi connectivity index (χ0) is 12.7. The molecule has 1 fully saturated rings. The maximum Gasteiger partial charge on any atom is 0.227 e. The van der Waals surface area contributed by atoms with Crippen molar-refractivity contribution in [1.82, 2.24) is 0 Å². The minimum atomic E-state index is 0.148. The summed E-state index contributed by atoms with van der Waals surface area (Å²) in [4.78, 5) is 12.0. The number of anilines is 1. The number of carbonyl (C=O) groups is 1. The number of hydrogen-bond donors (Lipinski definition) is 1. The van der Waals surface area contributed by atoms with Crippen LogP contribution in [0.15, 0.2) is 40.9 Å². The molecule has 1 amide bonds. The summed E-state index contributed by atoms with van der Waals surface area (Å²) < 4.78 is 1.05. The molecule has 1 saturated carbocycles. The molecule has 92 valence electrons. The molecule has 2 unspecified atom stereocenters. The summed E-state index contributed by atoms with van der Waals surface area (Å²) >= 11 is 3.54. The molecule has 0 saturated heterocycles. The van der Waals surface area contributed by atoms with Crippen molar-refractivity contribution in [3.8, 4) is 0 Å². The third-order valence-corrected chi connectivity index (χ3v) is 4.27. The van der Waals surface area contributed by atoms with Gasteiger partial charge in [0.2, 0.25) is 5.91 Å². The lowest BCUT2D eigenvalue weighted by molar-refractivity contribution is -0.117. The van der Waals surface area contributed by atoms with Crippen molar-refractivity contribution in [3.05, 3.63) is 40.9 Å². The lowest BCUT2D eigenvalue weighted by Gasteiger charge is -2.09. The molecule has 2 atom stereocenters. The predicted octanol–water partition coefficient (Wildman–Crippen LogP) is 4.20. The summed E-state index contributed by atoms with van der Waals surface area (Å²) in [6.45, 7) is 2.12. The highest BCUT2D eigenvalue weighted by molar-refractivity contribution is 9.10. The van der Waals surface area contributed by atoms with Crippen molar-refractivity contribution in [2.75, 3.05) is 5.32 Å². The topological polar surface area (TPSA) is 29.1 Å². The lowest BCUT2D eigenvalue weighted by Crippen LogP contribution is -2.14. The predicted molar refractivity (Wildman–Crippen MR) is 77.5 cm³/mol. The van der Waals surface area contributed by atoms with E-state index in [0.29, 0.717) is 5.92 Å². The zero-order valence-electron chi connectivity index (χ0n) is 10.1. The second kappa shape index (κ2) is 4.39. The fraction of sp³-hybridized carbons (Fsp3) is 0.267. The van der Waals surface area contributed by atoms with Crippen molar-refractivity contribution < 1.29 is 4.79 Å². The van der Waals surface area contributed by atoms with Gasteiger partial charge >= 0.3 is 0 Å². The minimum absolute atomic E-state index is 0.148. The van der Waals surface area contributed by atoms with E-state index in [1.165, 1.54) is 0 Å². The van der Waals surface area contributed by atoms with E-state index in [-0.39, 0.29) is 11.8 Å². The van der Waals surface area contributed by atoms with Gasteiger partial charge in [-0.25, -0.2) is 0 Å². The first-order valence-corrected chi connectivity index (χ1v) is 6.94. The second-order valence-corrected chi connectivity index (χ2v) is 5.80. The van der Waals surface area contributed by atoms with E-state index in [0.717, 1.165) is 27.4 Å². The highest BCUT2D eigenvalue weighted by Gasteiger charge is 2.39. The van der Waals surface area contributed by atoms with Crippen molar-refractivity contribution in [2.24, 2.45) is 11.8 Å². The summed E-state index contributed by atoms with van der Waals surface area (Å²) in [7, 11) is 0. The molecule has 2 nitrogen and oxygen atoms in total. The molecule has 2 aromatic carbocycles. The van der Waals surface area contributed by atoms with Gasteiger partial charge in [0.15, 0.2) is 0 Å². The van der Waals surface area contributed by atoms with Crippen LogP contribution in [0, 0.1) is 11.8 Å². The average molecular weight is 304 g/mol. The normalized spacial score (nSPS) is 21.9. The van der Waals surface area contributed by atoms with Crippen LogP contribution in [0.25, 0.3) is 10.8 Å². The SMILES string of the molecule is CC1CC1C(=O)Nc1ccc(Br)c2ccccc12. The monoisotopic (exact) mass is 303 g/mol. The van der Waals surface area contributed by atoms with E-state index in [1.807, 2.05) is 30.3 Å². The van der Waals surface area contributed by atoms with Gasteiger partial charge in [-0.05, 0) is 29.9 Å². The van der Waals surface area contributed by atoms with Gasteiger partial charge in [0.25, 0.3) is 0 Å². The van der Waals surface area contributed by atoms with Crippen LogP contribution in [0.2, 0.25) is 0 Å². The number of rotatable bonds is 2. The molecule has 3 rings (SSSR count). The quantitative estimate of drug-likeness (QED) is 0.885. The van der Waals surface area contributed by atoms with E-state index in [2.05, 4.69) is 34.2 Å². The third-order valence-electron chi connectivity index (χ3n) is 3.57. The molecule has 1 aliphatic rings. The van der Waals surface area contributed by atoms with Crippen molar-refractivity contribution in [2.45, 2.75) is 13.3 Å². The Morgan fingerprint density at radius 1 is 1.22 bits per heavy atom. The number of amides is 1. The fourth-order valence-corrected chi connectivity index (χ4v) is 2.76. The standard InChI is InChI=1S/C15H14BrNO/c1-9-8-12(9)15(18)17-14-7-6-13(16)10-4-2-3-5-11(10)14/h2-7,9,12H,8H2,1H3,(H,17,18). The molecule has 1 aliphatic carbocycles. The smallest absolute Gasteiger partial charge is 0.227 e. The van der Waals surface area contributed by atoms with Gasteiger partial charge in [0.05, 0.1) is 0 Å². The number of hydrogen-bond acceptors (Lipinski definition) is 1. The second-order valence-electron chi connectivity index (χ2n) is 4.95. The number of benzene rings is 2. The molecule has 1 N–H and O–H groups in total. The molecule has 0 aromatic heterocycles. The number of halogens is 1. The first-order valence-electron chi connectivity index (χ1n) is 6.15. The van der Waals surface area contributed by atoms with Gasteiger partial charge in [0, 0.05) is 21.5 Å². The maximum atomic E-state index is 12.0. The zero-order valence-corrected chi connectivity index (χ0v) is 11.7. The number of carbonyl (C=O) groups excluding carboxylic acids is 1. The van der Waals surface area contributed by atoms with Crippen molar-refractivity contribution in [1.29, 1.82) is 0 Å². The van der Waals surface area contributed by atoms with Crippen LogP contribution in [0.4, 0.5) is 5.69 Å². The van der Waals surface area contributed by atoms with Gasteiger partial charge in [-0.3, -0.25) is 4.79 Å². The molecule has 0 spiro atoms. The Labute approximate surface area is 115 Å². The van der Waals surface area contributed by atoms with Crippen LogP contribution in [0.1, 0.15) is 13.3 Å². The Morgan fingerprint density at radius 3 is 2.56 bits per heavy atom. The number of fused-ring (bicyclic) bond motifs is 1. The molecule has 0 heterocycles. The minimum Gasteiger partial charge on any atom is -0.325 e. The summed E-state index contributed by atoms with van der Waals surface area (Å²) in [5.74, 6) is 0.883.